The van der Waals surface area contributed by atoms with Gasteiger partial charge in [-0.25, -0.2) is 0 Å². The van der Waals surface area contributed by atoms with Crippen LogP contribution in [0.25, 0.3) is 0 Å². The van der Waals surface area contributed by atoms with Crippen LogP contribution < -0.4 is 4.74 Å². The van der Waals surface area contributed by atoms with E-state index in [1.165, 1.54) is 6.42 Å². The summed E-state index contributed by atoms with van der Waals surface area (Å²) in [5.74, 6) is 0.702. The summed E-state index contributed by atoms with van der Waals surface area (Å²) in [7, 11) is 3.24. The van der Waals surface area contributed by atoms with Gasteiger partial charge in [0.1, 0.15) is 11.4 Å². The van der Waals surface area contributed by atoms with Gasteiger partial charge in [0.25, 0.3) is 0 Å². The van der Waals surface area contributed by atoms with Crippen LogP contribution in [-0.2, 0) is 4.74 Å². The minimum Gasteiger partial charge on any atom is -0.496 e. The van der Waals surface area contributed by atoms with Crippen LogP contribution in [0.4, 0.5) is 0 Å². The van der Waals surface area contributed by atoms with Gasteiger partial charge in [0.15, 0.2) is 5.78 Å². The lowest BCUT2D eigenvalue weighted by molar-refractivity contribution is -0.0195. The number of ether oxygens (including phenoxy) is 2. The largest absolute Gasteiger partial charge is 0.496 e. The van der Waals surface area contributed by atoms with Gasteiger partial charge < -0.3 is 9.47 Å². The van der Waals surface area contributed by atoms with E-state index in [4.69, 9.17) is 9.47 Å². The molecule has 0 spiro atoms. The van der Waals surface area contributed by atoms with Gasteiger partial charge in [0, 0.05) is 7.11 Å². The van der Waals surface area contributed by atoms with E-state index in [0.29, 0.717) is 11.3 Å². The first-order valence-corrected chi connectivity index (χ1v) is 6.87. The summed E-state index contributed by atoms with van der Waals surface area (Å²) >= 11 is 0. The van der Waals surface area contributed by atoms with Crippen molar-refractivity contribution >= 4 is 5.78 Å². The number of methoxy groups -OCH3 is 2. The van der Waals surface area contributed by atoms with Gasteiger partial charge >= 0.3 is 0 Å². The van der Waals surface area contributed by atoms with E-state index in [-0.39, 0.29) is 5.78 Å². The second-order valence-electron chi connectivity index (χ2n) is 5.29. The maximum absolute atomic E-state index is 12.9. The fourth-order valence-corrected chi connectivity index (χ4v) is 2.89. The Bertz CT molecular complexity index is 459. The highest BCUT2D eigenvalue weighted by molar-refractivity contribution is 6.04. The molecule has 1 fully saturated rings. The third-order valence-electron chi connectivity index (χ3n) is 4.07. The number of ketones is 1. The number of hydrogen-bond acceptors (Lipinski definition) is 3. The number of Topliss-reactive ketones (excluding diaryl/α,β-unsaturated/α-hetero) is 1. The minimum absolute atomic E-state index is 0.0650. The number of hydrogen-bond donors (Lipinski definition) is 0. The van der Waals surface area contributed by atoms with Crippen molar-refractivity contribution in [3.8, 4) is 5.75 Å². The van der Waals surface area contributed by atoms with Crippen LogP contribution in [0.3, 0.4) is 0 Å². The zero-order valence-electron chi connectivity index (χ0n) is 12.0. The topological polar surface area (TPSA) is 35.5 Å². The molecule has 0 aromatic heterocycles. The summed E-state index contributed by atoms with van der Waals surface area (Å²) in [5.41, 5.74) is 1.05. The van der Waals surface area contributed by atoms with E-state index in [9.17, 15) is 4.79 Å². The van der Waals surface area contributed by atoms with Crippen LogP contribution in [0.15, 0.2) is 18.2 Å². The van der Waals surface area contributed by atoms with Crippen LogP contribution >= 0.6 is 0 Å². The summed E-state index contributed by atoms with van der Waals surface area (Å²) in [4.78, 5) is 12.9. The molecule has 0 atom stereocenters. The number of benzene rings is 1. The van der Waals surface area contributed by atoms with Crippen LogP contribution in [-0.4, -0.2) is 25.6 Å². The fraction of sp³-hybridized carbons (Fsp3) is 0.562. The number of aryl methyl sites for hydroxylation is 1. The molecule has 0 unspecified atom stereocenters. The molecule has 1 saturated carbocycles. The van der Waals surface area contributed by atoms with Crippen LogP contribution in [0, 0.1) is 6.92 Å². The third kappa shape index (κ3) is 2.66. The van der Waals surface area contributed by atoms with Gasteiger partial charge in [0.2, 0.25) is 0 Å². The molecule has 3 nitrogen and oxygen atoms in total. The lowest BCUT2D eigenvalue weighted by atomic mass is 9.79. The van der Waals surface area contributed by atoms with E-state index in [1.54, 1.807) is 14.2 Å². The quantitative estimate of drug-likeness (QED) is 0.779. The van der Waals surface area contributed by atoms with Crippen LogP contribution in [0.5, 0.6) is 5.75 Å². The molecule has 0 N–H and O–H groups in total. The van der Waals surface area contributed by atoms with Gasteiger partial charge in [-0.1, -0.05) is 30.9 Å². The van der Waals surface area contributed by atoms with Crippen molar-refractivity contribution in [2.45, 2.75) is 44.6 Å². The Morgan fingerprint density at radius 2 is 1.84 bits per heavy atom. The van der Waals surface area contributed by atoms with Crippen LogP contribution in [0.1, 0.15) is 48.0 Å². The molecule has 104 valence electrons. The van der Waals surface area contributed by atoms with E-state index in [0.717, 1.165) is 31.2 Å². The molecule has 0 saturated heterocycles. The second kappa shape index (κ2) is 5.74. The van der Waals surface area contributed by atoms with E-state index < -0.39 is 5.60 Å². The van der Waals surface area contributed by atoms with Crippen molar-refractivity contribution in [1.29, 1.82) is 0 Å². The van der Waals surface area contributed by atoms with Crippen molar-refractivity contribution in [2.24, 2.45) is 0 Å². The molecule has 1 aliphatic rings. The Hall–Kier alpha value is -1.35. The van der Waals surface area contributed by atoms with Crippen molar-refractivity contribution in [3.63, 3.8) is 0 Å². The molecule has 1 aromatic rings. The first kappa shape index (κ1) is 14.1. The number of carbonyl (C=O) groups is 1. The molecular formula is C16H22O3. The van der Waals surface area contributed by atoms with Crippen molar-refractivity contribution < 1.29 is 14.3 Å². The highest BCUT2D eigenvalue weighted by atomic mass is 16.5. The average Bonchev–Trinajstić information content (AvgIpc) is 2.47. The fourth-order valence-electron chi connectivity index (χ4n) is 2.89. The average molecular weight is 262 g/mol. The number of rotatable bonds is 4. The molecular weight excluding hydrogens is 240 g/mol. The third-order valence-corrected chi connectivity index (χ3v) is 4.07. The molecule has 1 aromatic carbocycles. The molecule has 0 amide bonds. The number of carbonyl (C=O) groups excluding carboxylic acids is 1. The second-order valence-corrected chi connectivity index (χ2v) is 5.29. The SMILES string of the molecule is COc1ccc(C)cc1C(=O)C1(OC)CCCCC1. The predicted molar refractivity (Wildman–Crippen MR) is 74.9 cm³/mol. The molecule has 0 bridgehead atoms. The molecule has 19 heavy (non-hydrogen) atoms. The van der Waals surface area contributed by atoms with Crippen molar-refractivity contribution in [2.75, 3.05) is 14.2 Å². The van der Waals surface area contributed by atoms with E-state index in [1.807, 2.05) is 25.1 Å². The summed E-state index contributed by atoms with van der Waals surface area (Å²) < 4.78 is 11.0. The zero-order chi connectivity index (χ0) is 13.9. The van der Waals surface area contributed by atoms with E-state index >= 15 is 0 Å². The summed E-state index contributed by atoms with van der Waals surface area (Å²) in [6.45, 7) is 1.98. The smallest absolute Gasteiger partial charge is 0.198 e. The Labute approximate surface area is 114 Å². The zero-order valence-corrected chi connectivity index (χ0v) is 12.0. The lowest BCUT2D eigenvalue weighted by Gasteiger charge is -2.34. The van der Waals surface area contributed by atoms with Crippen LogP contribution in [0.2, 0.25) is 0 Å². The van der Waals surface area contributed by atoms with Gasteiger partial charge in [-0.15, -0.1) is 0 Å². The van der Waals surface area contributed by atoms with Crippen molar-refractivity contribution in [3.05, 3.63) is 29.3 Å². The Morgan fingerprint density at radius 1 is 1.16 bits per heavy atom. The molecule has 0 aliphatic heterocycles. The Morgan fingerprint density at radius 3 is 2.42 bits per heavy atom. The van der Waals surface area contributed by atoms with Gasteiger partial charge in [-0.3, -0.25) is 4.79 Å². The Balaban J connectivity index is 2.39. The highest BCUT2D eigenvalue weighted by Gasteiger charge is 2.41. The lowest BCUT2D eigenvalue weighted by Crippen LogP contribution is -2.42. The van der Waals surface area contributed by atoms with E-state index in [2.05, 4.69) is 0 Å². The Kier molecular flexibility index (Phi) is 4.25. The maximum atomic E-state index is 12.9. The first-order valence-electron chi connectivity index (χ1n) is 6.87. The van der Waals surface area contributed by atoms with Gasteiger partial charge in [0.05, 0.1) is 12.7 Å². The molecule has 1 aliphatic carbocycles. The summed E-state index contributed by atoms with van der Waals surface area (Å²) in [6, 6.07) is 5.71. The molecule has 0 radical (unpaired) electrons. The first-order chi connectivity index (χ1) is 9.13. The van der Waals surface area contributed by atoms with Crippen molar-refractivity contribution in [1.82, 2.24) is 0 Å². The maximum Gasteiger partial charge on any atom is 0.198 e. The molecule has 0 heterocycles. The normalized spacial score (nSPS) is 18.1. The molecule has 2 rings (SSSR count). The van der Waals surface area contributed by atoms with Gasteiger partial charge in [-0.05, 0) is 31.9 Å². The standard InChI is InChI=1S/C16H22O3/c1-12-7-8-14(18-2)13(11-12)15(17)16(19-3)9-5-4-6-10-16/h7-8,11H,4-6,9-10H2,1-3H3. The predicted octanol–water partition coefficient (Wildman–Crippen LogP) is 3.54. The highest BCUT2D eigenvalue weighted by Crippen LogP contribution is 2.36. The monoisotopic (exact) mass is 262 g/mol. The summed E-state index contributed by atoms with van der Waals surface area (Å²) in [5, 5.41) is 0. The van der Waals surface area contributed by atoms with Gasteiger partial charge in [-0.2, -0.15) is 0 Å². The summed E-state index contributed by atoms with van der Waals surface area (Å²) in [6.07, 6.45) is 4.89. The molecule has 3 heteroatoms. The minimum atomic E-state index is -0.653.